The number of nitrogens with one attached hydrogen (secondary N) is 3. The third-order valence-corrected chi connectivity index (χ3v) is 20.1. The molecule has 6 N–H and O–H groups in total. The van der Waals surface area contributed by atoms with E-state index in [0.717, 1.165) is 270 Å². The summed E-state index contributed by atoms with van der Waals surface area (Å²) in [6, 6.07) is 0. The fraction of sp³-hybridized carbons (Fsp3) is 0.862. The van der Waals surface area contributed by atoms with E-state index >= 15 is 0 Å². The largest absolute Gasteiger partial charge is 0.481 e. The Balaban J connectivity index is 5.52. The summed E-state index contributed by atoms with van der Waals surface area (Å²) in [6.07, 6.45) is 48.8. The van der Waals surface area contributed by atoms with Gasteiger partial charge in [-0.15, -0.1) is 0 Å². The predicted octanol–water partition coefficient (Wildman–Crippen LogP) is 18.3. The van der Waals surface area contributed by atoms with E-state index in [1.165, 1.54) is 0 Å². The number of amides is 3. The van der Waals surface area contributed by atoms with Gasteiger partial charge in [-0.05, 0) is 110 Å². The molecule has 0 aliphatic heterocycles. The average Bonchev–Trinajstić information content (AvgIpc) is 0.867. The minimum Gasteiger partial charge on any atom is -0.481 e. The zero-order valence-corrected chi connectivity index (χ0v) is 68.5. The summed E-state index contributed by atoms with van der Waals surface area (Å²) in [5.74, 6) is -1.18. The van der Waals surface area contributed by atoms with E-state index in [9.17, 15) is 57.5 Å². The lowest BCUT2D eigenvalue weighted by atomic mass is 9.92. The molecule has 0 radical (unpaired) electrons. The topological polar surface area (TPSA) is 339 Å². The van der Waals surface area contributed by atoms with Crippen molar-refractivity contribution >= 4 is 70.3 Å². The lowest BCUT2D eigenvalue weighted by Gasteiger charge is -2.33. The third kappa shape index (κ3) is 79.1. The number of ether oxygens (including phenoxy) is 4. The Bertz CT molecular complexity index is 2030. The van der Waals surface area contributed by atoms with E-state index in [1.54, 1.807) is 6.92 Å². The molecule has 22 nitrogen and oxygen atoms in total. The first kappa shape index (κ1) is 104. The number of carbonyl (C=O) groups excluding carboxylic acids is 9. The Morgan fingerprint density at radius 3 is 0.578 bits per heavy atom. The van der Waals surface area contributed by atoms with Crippen molar-refractivity contribution in [1.82, 2.24) is 16.0 Å². The van der Waals surface area contributed by atoms with Crippen LogP contribution in [-0.4, -0.2) is 158 Å². The van der Waals surface area contributed by atoms with Gasteiger partial charge in [-0.1, -0.05) is 186 Å². The van der Waals surface area contributed by atoms with Crippen LogP contribution in [0, 0.1) is 5.41 Å². The number of ketones is 6. The molecule has 0 rings (SSSR count). The lowest BCUT2D eigenvalue weighted by Crippen LogP contribution is -2.42. The summed E-state index contributed by atoms with van der Waals surface area (Å²) in [4.78, 5) is 145. The molecule has 0 heterocycles. The van der Waals surface area contributed by atoms with Crippen molar-refractivity contribution in [3.63, 3.8) is 0 Å². The molecule has 0 bridgehead atoms. The molecule has 0 aromatic carbocycles. The van der Waals surface area contributed by atoms with Crippen LogP contribution >= 0.6 is 0 Å². The molecule has 0 fully saturated rings. The van der Waals surface area contributed by atoms with Crippen molar-refractivity contribution in [3.05, 3.63) is 0 Å². The van der Waals surface area contributed by atoms with E-state index in [4.69, 9.17) is 34.3 Å². The van der Waals surface area contributed by atoms with Gasteiger partial charge in [0.1, 0.15) is 34.7 Å². The van der Waals surface area contributed by atoms with Gasteiger partial charge in [0, 0.05) is 129 Å². The summed E-state index contributed by atoms with van der Waals surface area (Å²) < 4.78 is 25.0. The first-order chi connectivity index (χ1) is 52.8. The van der Waals surface area contributed by atoms with Gasteiger partial charge >= 0.3 is 17.9 Å². The van der Waals surface area contributed by atoms with Crippen LogP contribution in [0.15, 0.2) is 0 Å². The molecule has 0 saturated heterocycles. The number of carbonyl (C=O) groups is 12. The summed E-state index contributed by atoms with van der Waals surface area (Å²) in [5.41, 5.74) is -0.947. The van der Waals surface area contributed by atoms with Crippen LogP contribution in [0.1, 0.15) is 405 Å². The van der Waals surface area contributed by atoms with Crippen LogP contribution in [0.2, 0.25) is 0 Å². The summed E-state index contributed by atoms with van der Waals surface area (Å²) in [5, 5.41) is 35.4. The predicted molar refractivity (Wildman–Crippen MR) is 430 cm³/mol. The Morgan fingerprint density at radius 2 is 0.376 bits per heavy atom. The SMILES string of the molecule is CC(=O)CCCCCCCCC(=O)CCCCCCCCC(=O)CCOCC(COCCC(=O)NCCCCCCCC(=O)CCCCCCCCC(=O)O)(COCCC(=O)NCCCCCCCC(=O)CCCCCCCCC(=O)O)COCCC(=O)NCCCCCCCC(=O)CCCCCCCCC(=O)O. The van der Waals surface area contributed by atoms with Crippen LogP contribution in [0.5, 0.6) is 0 Å². The highest BCUT2D eigenvalue weighted by Crippen LogP contribution is 2.23. The molecule has 0 unspecified atom stereocenters. The third-order valence-electron chi connectivity index (χ3n) is 20.1. The van der Waals surface area contributed by atoms with Gasteiger partial charge in [-0.2, -0.15) is 0 Å². The summed E-state index contributed by atoms with van der Waals surface area (Å²) in [6.45, 7) is 3.89. The normalized spacial score (nSPS) is 11.4. The highest BCUT2D eigenvalue weighted by molar-refractivity contribution is 5.80. The van der Waals surface area contributed by atoms with Crippen molar-refractivity contribution < 1.29 is 91.8 Å². The molecular formula is C87H155N3O19. The number of hydrogen-bond donors (Lipinski definition) is 6. The molecule has 0 aromatic rings. The van der Waals surface area contributed by atoms with Gasteiger partial charge in [0.15, 0.2) is 0 Å². The Morgan fingerprint density at radius 1 is 0.211 bits per heavy atom. The van der Waals surface area contributed by atoms with E-state index in [-0.39, 0.29) is 127 Å². The van der Waals surface area contributed by atoms with Gasteiger partial charge < -0.3 is 55.0 Å². The van der Waals surface area contributed by atoms with E-state index in [0.29, 0.717) is 126 Å². The molecular weight excluding hydrogens is 1390 g/mol. The molecule has 0 spiro atoms. The molecule has 0 aliphatic carbocycles. The zero-order valence-electron chi connectivity index (χ0n) is 68.5. The molecule has 3 amide bonds. The summed E-state index contributed by atoms with van der Waals surface area (Å²) >= 11 is 0. The Kier molecular flexibility index (Phi) is 74.2. The number of unbranched alkanes of at least 4 members (excludes halogenated alkanes) is 37. The van der Waals surface area contributed by atoms with Crippen LogP contribution < -0.4 is 16.0 Å². The number of aliphatic carboxylic acids is 3. The Labute approximate surface area is 658 Å². The first-order valence-electron chi connectivity index (χ1n) is 43.7. The standard InChI is InChI=1S/C87H155N3O19/c1-75(91)47-31-15-2-3-16-32-48-76(92)49-33-17-4-5-21-40-56-80(96)60-67-106-71-87(72-107-68-61-81(97)88-64-44-28-12-22-37-53-77(93)50-34-18-6-9-25-41-57-84(100)101,73-108-69-62-82(98)89-65-45-29-13-23-38-54-78(94)51-35-19-7-10-26-42-58-85(102)103)74-109-70-63-83(99)90-66-46-30-14-24-39-55-79(95)52-36-20-8-11-27-43-59-86(104)105/h2-74H2,1H3,(H,88,97)(H,89,98)(H,90,99)(H,100,101)(H,102,103)(H,104,105). The van der Waals surface area contributed by atoms with E-state index in [1.807, 2.05) is 0 Å². The van der Waals surface area contributed by atoms with Gasteiger partial charge in [-0.25, -0.2) is 0 Å². The monoisotopic (exact) mass is 1550 g/mol. The zero-order chi connectivity index (χ0) is 80.0. The van der Waals surface area contributed by atoms with Crippen LogP contribution in [0.25, 0.3) is 0 Å². The number of carboxylic acids is 3. The number of carboxylic acid groups (broad SMARTS) is 3. The number of rotatable bonds is 89. The minimum atomic E-state index is -0.947. The summed E-state index contributed by atoms with van der Waals surface area (Å²) in [7, 11) is 0. The smallest absolute Gasteiger partial charge is 0.303 e. The average molecular weight is 1550 g/mol. The second-order valence-electron chi connectivity index (χ2n) is 31.0. The second kappa shape index (κ2) is 78.0. The van der Waals surface area contributed by atoms with Crippen LogP contribution in [0.3, 0.4) is 0 Å². The highest BCUT2D eigenvalue weighted by Gasteiger charge is 2.33. The van der Waals surface area contributed by atoms with Crippen molar-refractivity contribution in [2.24, 2.45) is 5.41 Å². The maximum Gasteiger partial charge on any atom is 0.303 e. The maximum absolute atomic E-state index is 13.2. The molecule has 632 valence electrons. The van der Waals surface area contributed by atoms with Crippen LogP contribution in [-0.2, 0) is 76.5 Å². The van der Waals surface area contributed by atoms with E-state index in [2.05, 4.69) is 16.0 Å². The molecule has 109 heavy (non-hydrogen) atoms. The molecule has 0 saturated carbocycles. The molecule has 22 heteroatoms. The molecule has 0 aromatic heterocycles. The maximum atomic E-state index is 13.2. The quantitative estimate of drug-likeness (QED) is 0.0308. The number of Topliss-reactive ketones (excluding diaryl/α,β-unsaturated/α-hetero) is 6. The minimum absolute atomic E-state index is 0.0597. The van der Waals surface area contributed by atoms with Crippen LogP contribution in [0.4, 0.5) is 0 Å². The van der Waals surface area contributed by atoms with Crippen molar-refractivity contribution in [1.29, 1.82) is 0 Å². The van der Waals surface area contributed by atoms with Crippen molar-refractivity contribution in [2.75, 3.05) is 72.5 Å². The van der Waals surface area contributed by atoms with Crippen molar-refractivity contribution in [3.8, 4) is 0 Å². The fourth-order valence-corrected chi connectivity index (χ4v) is 13.3. The fourth-order valence-electron chi connectivity index (χ4n) is 13.3. The molecule has 0 aliphatic rings. The lowest BCUT2D eigenvalue weighted by molar-refractivity contribution is -0.138. The Hall–Kier alpha value is -5.32. The van der Waals surface area contributed by atoms with Crippen molar-refractivity contribution in [2.45, 2.75) is 405 Å². The first-order valence-corrected chi connectivity index (χ1v) is 43.7. The second-order valence-corrected chi connectivity index (χ2v) is 31.0. The van der Waals surface area contributed by atoms with Gasteiger partial charge in [0.05, 0.1) is 58.3 Å². The number of hydrogen-bond acceptors (Lipinski definition) is 16. The highest BCUT2D eigenvalue weighted by atomic mass is 16.5. The van der Waals surface area contributed by atoms with E-state index < -0.39 is 23.3 Å². The van der Waals surface area contributed by atoms with Gasteiger partial charge in [-0.3, -0.25) is 52.7 Å². The van der Waals surface area contributed by atoms with Gasteiger partial charge in [0.25, 0.3) is 0 Å². The molecule has 0 atom stereocenters. The van der Waals surface area contributed by atoms with Gasteiger partial charge in [0.2, 0.25) is 17.7 Å².